The van der Waals surface area contributed by atoms with E-state index in [0.717, 1.165) is 17.1 Å². The molecule has 0 aromatic carbocycles. The van der Waals surface area contributed by atoms with Gasteiger partial charge in [-0.25, -0.2) is 0 Å². The van der Waals surface area contributed by atoms with E-state index in [9.17, 15) is 13.2 Å². The van der Waals surface area contributed by atoms with E-state index in [0.29, 0.717) is 11.5 Å². The summed E-state index contributed by atoms with van der Waals surface area (Å²) in [5.74, 6) is 0.800. The second-order valence-corrected chi connectivity index (χ2v) is 3.45. The van der Waals surface area contributed by atoms with Crippen molar-refractivity contribution in [2.75, 3.05) is 0 Å². The monoisotopic (exact) mass is 246 g/mol. The lowest BCUT2D eigenvalue weighted by molar-refractivity contribution is -0.137. The molecule has 0 saturated carbocycles. The van der Waals surface area contributed by atoms with E-state index >= 15 is 0 Å². The van der Waals surface area contributed by atoms with Gasteiger partial charge < -0.3 is 9.52 Å². The molecule has 0 radical (unpaired) electrons. The third kappa shape index (κ3) is 2.68. The van der Waals surface area contributed by atoms with Gasteiger partial charge in [-0.3, -0.25) is 4.68 Å². The third-order valence-electron chi connectivity index (χ3n) is 2.15. The average molecular weight is 246 g/mol. The van der Waals surface area contributed by atoms with E-state index in [2.05, 4.69) is 5.10 Å². The summed E-state index contributed by atoms with van der Waals surface area (Å²) < 4.78 is 43.1. The lowest BCUT2D eigenvalue weighted by Gasteiger charge is -2.01. The standard InChI is InChI=1S/C10H9F3N2O2/c11-10(12,13)7-3-14-15(4-7)5-8-1-2-9(6-16)17-8/h1-4,16H,5-6H2. The van der Waals surface area contributed by atoms with Gasteiger partial charge in [0.05, 0.1) is 18.3 Å². The fourth-order valence-corrected chi connectivity index (χ4v) is 1.35. The molecule has 2 heterocycles. The molecule has 0 atom stereocenters. The zero-order chi connectivity index (χ0) is 12.5. The SMILES string of the molecule is OCc1ccc(Cn2cc(C(F)(F)F)cn2)o1. The zero-order valence-electron chi connectivity index (χ0n) is 8.61. The molecule has 0 unspecified atom stereocenters. The summed E-state index contributed by atoms with van der Waals surface area (Å²) in [6, 6.07) is 3.14. The van der Waals surface area contributed by atoms with Crippen LogP contribution in [0.5, 0.6) is 0 Å². The van der Waals surface area contributed by atoms with Crippen molar-refractivity contribution in [3.63, 3.8) is 0 Å². The summed E-state index contributed by atoms with van der Waals surface area (Å²) in [6.45, 7) is -0.150. The maximum absolute atomic E-state index is 12.3. The van der Waals surface area contributed by atoms with Crippen molar-refractivity contribution in [1.29, 1.82) is 0 Å². The van der Waals surface area contributed by atoms with Gasteiger partial charge in [0.25, 0.3) is 0 Å². The van der Waals surface area contributed by atoms with Crippen LogP contribution >= 0.6 is 0 Å². The quantitative estimate of drug-likeness (QED) is 0.901. The Hall–Kier alpha value is -1.76. The summed E-state index contributed by atoms with van der Waals surface area (Å²) in [5, 5.41) is 12.4. The Kier molecular flexibility index (Phi) is 2.93. The first-order valence-electron chi connectivity index (χ1n) is 4.77. The molecule has 1 N–H and O–H groups in total. The van der Waals surface area contributed by atoms with Gasteiger partial charge in [-0.1, -0.05) is 0 Å². The Morgan fingerprint density at radius 3 is 2.53 bits per heavy atom. The molecule has 0 bridgehead atoms. The number of hydrogen-bond acceptors (Lipinski definition) is 3. The molecule has 17 heavy (non-hydrogen) atoms. The van der Waals surface area contributed by atoms with Gasteiger partial charge in [-0.05, 0) is 12.1 Å². The second kappa shape index (κ2) is 4.25. The summed E-state index contributed by atoms with van der Waals surface area (Å²) in [7, 11) is 0. The Morgan fingerprint density at radius 2 is 2.00 bits per heavy atom. The smallest absolute Gasteiger partial charge is 0.419 e. The van der Waals surface area contributed by atoms with Crippen molar-refractivity contribution in [2.24, 2.45) is 0 Å². The molecule has 0 amide bonds. The maximum Gasteiger partial charge on any atom is 0.419 e. The molecule has 0 fully saturated rings. The van der Waals surface area contributed by atoms with Crippen LogP contribution in [0.3, 0.4) is 0 Å². The molecule has 4 nitrogen and oxygen atoms in total. The highest BCUT2D eigenvalue weighted by Crippen LogP contribution is 2.28. The molecular weight excluding hydrogens is 237 g/mol. The van der Waals surface area contributed by atoms with Crippen LogP contribution in [0.4, 0.5) is 13.2 Å². The lowest BCUT2D eigenvalue weighted by atomic mass is 10.3. The maximum atomic E-state index is 12.3. The summed E-state index contributed by atoms with van der Waals surface area (Å²) in [4.78, 5) is 0. The van der Waals surface area contributed by atoms with Crippen LogP contribution in [-0.2, 0) is 19.3 Å². The molecule has 0 aliphatic rings. The minimum Gasteiger partial charge on any atom is -0.462 e. The summed E-state index contributed by atoms with van der Waals surface area (Å²) in [5.41, 5.74) is -0.800. The molecule has 2 aromatic heterocycles. The highest BCUT2D eigenvalue weighted by atomic mass is 19.4. The number of nitrogens with zero attached hydrogens (tertiary/aromatic N) is 2. The van der Waals surface area contributed by atoms with Crippen LogP contribution in [0.25, 0.3) is 0 Å². The first kappa shape index (κ1) is 11.7. The molecule has 2 aromatic rings. The van der Waals surface area contributed by atoms with Crippen LogP contribution in [-0.4, -0.2) is 14.9 Å². The number of aliphatic hydroxyl groups excluding tert-OH is 1. The first-order valence-corrected chi connectivity index (χ1v) is 4.77. The van der Waals surface area contributed by atoms with Crippen molar-refractivity contribution < 1.29 is 22.7 Å². The average Bonchev–Trinajstić information content (AvgIpc) is 2.86. The molecular formula is C10H9F3N2O2. The minimum absolute atomic E-state index is 0.0933. The van der Waals surface area contributed by atoms with Gasteiger partial charge in [0, 0.05) is 6.20 Å². The number of hydrogen-bond donors (Lipinski definition) is 1. The number of rotatable bonds is 3. The van der Waals surface area contributed by atoms with Crippen molar-refractivity contribution in [3.05, 3.63) is 41.6 Å². The van der Waals surface area contributed by atoms with Crippen LogP contribution in [0.2, 0.25) is 0 Å². The van der Waals surface area contributed by atoms with E-state index in [-0.39, 0.29) is 13.2 Å². The molecule has 92 valence electrons. The van der Waals surface area contributed by atoms with E-state index in [1.165, 1.54) is 0 Å². The Bertz CT molecular complexity index is 502. The van der Waals surface area contributed by atoms with Gasteiger partial charge >= 0.3 is 6.18 Å². The van der Waals surface area contributed by atoms with Crippen LogP contribution in [0, 0.1) is 0 Å². The number of furan rings is 1. The fraction of sp³-hybridized carbons (Fsp3) is 0.300. The molecule has 2 rings (SSSR count). The van der Waals surface area contributed by atoms with E-state index < -0.39 is 11.7 Å². The minimum atomic E-state index is -4.39. The topological polar surface area (TPSA) is 51.2 Å². The number of halogens is 3. The molecule has 7 heteroatoms. The van der Waals surface area contributed by atoms with Gasteiger partial charge in [-0.15, -0.1) is 0 Å². The lowest BCUT2D eigenvalue weighted by Crippen LogP contribution is -2.03. The number of alkyl halides is 3. The predicted molar refractivity (Wildman–Crippen MR) is 51.0 cm³/mol. The van der Waals surface area contributed by atoms with Crippen LogP contribution < -0.4 is 0 Å². The van der Waals surface area contributed by atoms with Crippen LogP contribution in [0.1, 0.15) is 17.1 Å². The largest absolute Gasteiger partial charge is 0.462 e. The highest BCUT2D eigenvalue weighted by Gasteiger charge is 2.32. The van der Waals surface area contributed by atoms with E-state index in [1.807, 2.05) is 0 Å². The fourth-order valence-electron chi connectivity index (χ4n) is 1.35. The van der Waals surface area contributed by atoms with E-state index in [4.69, 9.17) is 9.52 Å². The molecule has 0 aliphatic heterocycles. The van der Waals surface area contributed by atoms with Gasteiger partial charge in [0.1, 0.15) is 18.1 Å². The van der Waals surface area contributed by atoms with E-state index in [1.54, 1.807) is 12.1 Å². The first-order chi connectivity index (χ1) is 7.99. The van der Waals surface area contributed by atoms with Crippen molar-refractivity contribution in [2.45, 2.75) is 19.3 Å². The molecule has 0 saturated heterocycles. The van der Waals surface area contributed by atoms with Gasteiger partial charge in [0.15, 0.2) is 0 Å². The molecule has 0 aliphatic carbocycles. The van der Waals surface area contributed by atoms with Gasteiger partial charge in [-0.2, -0.15) is 18.3 Å². The van der Waals surface area contributed by atoms with Crippen molar-refractivity contribution in [1.82, 2.24) is 9.78 Å². The van der Waals surface area contributed by atoms with Crippen molar-refractivity contribution in [3.8, 4) is 0 Å². The third-order valence-corrected chi connectivity index (χ3v) is 2.15. The Balaban J connectivity index is 2.11. The van der Waals surface area contributed by atoms with Gasteiger partial charge in [0.2, 0.25) is 0 Å². The normalized spacial score (nSPS) is 12.0. The zero-order valence-corrected chi connectivity index (χ0v) is 8.61. The Morgan fingerprint density at radius 1 is 1.29 bits per heavy atom. The summed E-state index contributed by atoms with van der Waals surface area (Å²) in [6.07, 6.45) is -2.73. The summed E-state index contributed by atoms with van der Waals surface area (Å²) >= 11 is 0. The number of aliphatic hydroxyl groups is 1. The second-order valence-electron chi connectivity index (χ2n) is 3.45. The highest BCUT2D eigenvalue weighted by molar-refractivity contribution is 5.11. The van der Waals surface area contributed by atoms with Crippen molar-refractivity contribution >= 4 is 0 Å². The predicted octanol–water partition coefficient (Wildman–Crippen LogP) is 2.04. The Labute approximate surface area is 94.3 Å². The molecule has 0 spiro atoms. The number of aromatic nitrogens is 2. The van der Waals surface area contributed by atoms with Crippen LogP contribution in [0.15, 0.2) is 28.9 Å².